The van der Waals surface area contributed by atoms with Crippen molar-refractivity contribution in [3.8, 4) is 0 Å². The molecule has 0 amide bonds. The summed E-state index contributed by atoms with van der Waals surface area (Å²) < 4.78 is 70.5. The number of rotatable bonds is 14. The van der Waals surface area contributed by atoms with Gasteiger partial charge in [-0.05, 0) is 0 Å². The van der Waals surface area contributed by atoms with Crippen LogP contribution in [0.25, 0.3) is 0 Å². The minimum atomic E-state index is -6.08. The number of aromatic nitrogens is 6. The van der Waals surface area contributed by atoms with Crippen LogP contribution in [0.4, 0.5) is 0 Å². The lowest BCUT2D eigenvalue weighted by molar-refractivity contribution is -0.178. The van der Waals surface area contributed by atoms with Crippen molar-refractivity contribution < 1.29 is 91.3 Å². The highest BCUT2D eigenvalue weighted by molar-refractivity contribution is 7.46. The summed E-state index contributed by atoms with van der Waals surface area (Å²) in [5, 5.41) is 45.8. The van der Waals surface area contributed by atoms with Gasteiger partial charge in [0.05, 0.1) is 12.2 Å². The minimum Gasteiger partial charge on any atom is -0.387 e. The maximum atomic E-state index is 12.9. The predicted octanol–water partition coefficient (Wildman–Crippen LogP) is -6.64. The molecule has 31 nitrogen and oxygen atoms in total. The lowest BCUT2D eigenvalue weighted by Gasteiger charge is -2.42. The smallest absolute Gasteiger partial charge is 0.387 e. The molecule has 6 rings (SSSR count). The molecule has 6 heterocycles. The molecular formula is C27H35N6O25P3. The Hall–Kier alpha value is -3.91. The van der Waals surface area contributed by atoms with E-state index in [-0.39, 0.29) is 0 Å². The van der Waals surface area contributed by atoms with Crippen LogP contribution in [0.1, 0.15) is 31.5 Å². The number of H-pyrrole nitrogens is 3. The maximum absolute atomic E-state index is 12.9. The van der Waals surface area contributed by atoms with Gasteiger partial charge in [0.2, 0.25) is 0 Å². The van der Waals surface area contributed by atoms with Gasteiger partial charge in [0.15, 0.2) is 18.7 Å². The van der Waals surface area contributed by atoms with Crippen molar-refractivity contribution in [3.05, 3.63) is 99.3 Å². The third kappa shape index (κ3) is 10.2. The predicted molar refractivity (Wildman–Crippen MR) is 189 cm³/mol. The molecule has 0 saturated carbocycles. The zero-order valence-corrected chi connectivity index (χ0v) is 32.8. The molecule has 0 unspecified atom stereocenters. The Kier molecular flexibility index (Phi) is 13.0. The lowest BCUT2D eigenvalue weighted by Crippen LogP contribution is -2.56. The second-order valence-electron chi connectivity index (χ2n) is 13.8. The summed E-state index contributed by atoms with van der Waals surface area (Å²) >= 11 is 0. The standard InChI is InChI=1S/C27H35N6O25P3/c34-11-1-4-31(24(41)28-11)21-17(40)16(39)20(55-21)27(58-61(50,51)52,7-9-14(37)18(56-59(44,45)46)22(53-9)32-5-2-12(35)29-25(32)42)8-10-15(38)19(57-60(47,48)49)23(54-10)33-6-3-13(36)30-26(33)43/h1-6,9-10,14-23,37-40H,7-8H2,(H,28,34,41)(H,29,35,42)(H,30,36,43)(H2,44,45,46)(H2,47,48,49)(H2,50,51,52)/t9-,10-,14-,15-,16+,17-,18-,19-,20+,21-,22-,23-/m1/s1. The Balaban J connectivity index is 1.51. The van der Waals surface area contributed by atoms with Crippen LogP contribution in [0.5, 0.6) is 0 Å². The third-order valence-corrected chi connectivity index (χ3v) is 11.3. The monoisotopic (exact) mass is 936 g/mol. The topological polar surface area (TPSA) is 473 Å². The van der Waals surface area contributed by atoms with Crippen molar-refractivity contribution in [3.63, 3.8) is 0 Å². The Morgan fingerprint density at radius 3 is 1.23 bits per heavy atom. The van der Waals surface area contributed by atoms with E-state index in [9.17, 15) is 92.2 Å². The van der Waals surface area contributed by atoms with Crippen molar-refractivity contribution in [2.24, 2.45) is 0 Å². The molecule has 3 aliphatic rings. The van der Waals surface area contributed by atoms with Crippen molar-refractivity contribution in [1.82, 2.24) is 28.7 Å². The molecule has 3 aromatic rings. The molecule has 0 aliphatic carbocycles. The first-order chi connectivity index (χ1) is 28.2. The van der Waals surface area contributed by atoms with Crippen LogP contribution >= 0.6 is 23.5 Å². The van der Waals surface area contributed by atoms with Gasteiger partial charge in [-0.1, -0.05) is 0 Å². The number of hydrogen-bond donors (Lipinski definition) is 13. The van der Waals surface area contributed by atoms with Crippen LogP contribution < -0.4 is 33.7 Å². The summed E-state index contributed by atoms with van der Waals surface area (Å²) in [5.41, 5.74) is -9.94. The first-order valence-corrected chi connectivity index (χ1v) is 21.6. The zero-order valence-electron chi connectivity index (χ0n) is 30.1. The van der Waals surface area contributed by atoms with E-state index in [2.05, 4.69) is 0 Å². The number of aromatic amines is 3. The first kappa shape index (κ1) is 46.6. The highest BCUT2D eigenvalue weighted by Gasteiger charge is 2.63. The Labute approximate surface area is 334 Å². The third-order valence-electron chi connectivity index (χ3n) is 9.67. The van der Waals surface area contributed by atoms with Crippen LogP contribution in [0.2, 0.25) is 0 Å². The number of nitrogens with one attached hydrogen (secondary N) is 3. The van der Waals surface area contributed by atoms with Gasteiger partial charge < -0.3 is 64.0 Å². The van der Waals surface area contributed by atoms with Crippen molar-refractivity contribution >= 4 is 23.5 Å². The molecule has 0 bridgehead atoms. The zero-order chi connectivity index (χ0) is 45.1. The van der Waals surface area contributed by atoms with E-state index in [1.807, 2.05) is 15.0 Å². The number of ether oxygens (including phenoxy) is 3. The van der Waals surface area contributed by atoms with Crippen LogP contribution in [0, 0.1) is 0 Å². The molecule has 3 aliphatic heterocycles. The Morgan fingerprint density at radius 2 is 0.902 bits per heavy atom. The Bertz CT molecular complexity index is 2510. The van der Waals surface area contributed by atoms with Crippen molar-refractivity contribution in [1.29, 1.82) is 0 Å². The van der Waals surface area contributed by atoms with E-state index >= 15 is 0 Å². The normalized spacial score (nSPS) is 31.2. The minimum absolute atomic E-state index is 0.472. The fourth-order valence-electron chi connectivity index (χ4n) is 7.33. The molecule has 12 atom stereocenters. The van der Waals surface area contributed by atoms with E-state index in [4.69, 9.17) is 27.8 Å². The van der Waals surface area contributed by atoms with E-state index in [1.165, 1.54) is 0 Å². The molecule has 13 N–H and O–H groups in total. The summed E-state index contributed by atoms with van der Waals surface area (Å²) in [7, 11) is -17.4. The average molecular weight is 937 g/mol. The fourth-order valence-corrected chi connectivity index (χ4v) is 9.15. The number of nitrogens with zero attached hydrogens (tertiary/aromatic N) is 3. The van der Waals surface area contributed by atoms with Crippen LogP contribution in [-0.2, 0) is 41.5 Å². The lowest BCUT2D eigenvalue weighted by atomic mass is 9.80. The number of phosphoric ester groups is 3. The molecule has 338 valence electrons. The fraction of sp³-hybridized carbons (Fsp3) is 0.556. The number of phosphoric acid groups is 3. The van der Waals surface area contributed by atoms with E-state index < -0.39 is 149 Å². The van der Waals surface area contributed by atoms with Gasteiger partial charge >= 0.3 is 40.5 Å². The molecule has 3 aromatic heterocycles. The molecule has 3 saturated heterocycles. The van der Waals surface area contributed by atoms with Gasteiger partial charge in [0.25, 0.3) is 16.7 Å². The second-order valence-corrected chi connectivity index (χ2v) is 17.3. The van der Waals surface area contributed by atoms with Crippen LogP contribution in [0.15, 0.2) is 65.6 Å². The summed E-state index contributed by atoms with van der Waals surface area (Å²) in [6, 6.07) is 2.24. The van der Waals surface area contributed by atoms with Gasteiger partial charge in [-0.15, -0.1) is 0 Å². The quantitative estimate of drug-likeness (QED) is 0.0668. The van der Waals surface area contributed by atoms with Gasteiger partial charge in [-0.2, -0.15) is 0 Å². The molecule has 0 radical (unpaired) electrons. The molecule has 3 fully saturated rings. The SMILES string of the molecule is O=c1ccn([C@@H]2O[C@H](C(C[C@H]3O[C@@H](n4ccc(=O)[nH]c4=O)[C@H](OP(=O)(O)O)[C@@H]3O)(C[C@H]3O[C@@H](n4ccc(=O)[nH]c4=O)[C@H](OP(=O)(O)O)[C@@H]3O)OP(=O)(O)O)[C@@H](O)[C@H]2O)c(=O)[nH]1. The maximum Gasteiger partial charge on any atom is 0.470 e. The van der Waals surface area contributed by atoms with Gasteiger partial charge in [-0.3, -0.25) is 56.6 Å². The van der Waals surface area contributed by atoms with Gasteiger partial charge in [0, 0.05) is 49.6 Å². The van der Waals surface area contributed by atoms with E-state index in [0.717, 1.165) is 36.8 Å². The molecule has 0 spiro atoms. The largest absolute Gasteiger partial charge is 0.470 e. The van der Waals surface area contributed by atoms with Crippen LogP contribution in [-0.4, -0.2) is 139 Å². The van der Waals surface area contributed by atoms with E-state index in [0.29, 0.717) is 13.7 Å². The number of aliphatic hydroxyl groups is 4. The summed E-state index contributed by atoms with van der Waals surface area (Å²) in [5.74, 6) is 0. The van der Waals surface area contributed by atoms with Gasteiger partial charge in [-0.25, -0.2) is 28.1 Å². The second kappa shape index (κ2) is 17.0. The van der Waals surface area contributed by atoms with Crippen molar-refractivity contribution in [2.75, 3.05) is 0 Å². The van der Waals surface area contributed by atoms with Crippen LogP contribution in [0.3, 0.4) is 0 Å². The molecule has 0 aromatic carbocycles. The highest BCUT2D eigenvalue weighted by Crippen LogP contribution is 2.55. The summed E-state index contributed by atoms with van der Waals surface area (Å²) in [4.78, 5) is 139. The first-order valence-electron chi connectivity index (χ1n) is 17.0. The Morgan fingerprint density at radius 1 is 0.541 bits per heavy atom. The average Bonchev–Trinajstić information content (AvgIpc) is 3.68. The summed E-state index contributed by atoms with van der Waals surface area (Å²) in [6.45, 7) is 0. The van der Waals surface area contributed by atoms with Gasteiger partial charge in [0.1, 0.15) is 48.3 Å². The molecular weight excluding hydrogens is 901 g/mol. The van der Waals surface area contributed by atoms with Crippen molar-refractivity contribution in [2.45, 2.75) is 92.1 Å². The highest BCUT2D eigenvalue weighted by atomic mass is 31.2. The molecule has 34 heteroatoms. The summed E-state index contributed by atoms with van der Waals surface area (Å²) in [6.07, 6.45) is -27.8. The molecule has 61 heavy (non-hydrogen) atoms. The number of aliphatic hydroxyl groups excluding tert-OH is 4. The number of hydrogen-bond acceptors (Lipinski definition) is 19. The van der Waals surface area contributed by atoms with E-state index in [1.54, 1.807) is 0 Å².